The summed E-state index contributed by atoms with van der Waals surface area (Å²) in [6, 6.07) is -1.17. The zero-order valence-electron chi connectivity index (χ0n) is 10.7. The summed E-state index contributed by atoms with van der Waals surface area (Å²) in [6.07, 6.45) is -0.172. The summed E-state index contributed by atoms with van der Waals surface area (Å²) in [7, 11) is 0. The van der Waals surface area contributed by atoms with Gasteiger partial charge in [-0.25, -0.2) is 4.79 Å². The summed E-state index contributed by atoms with van der Waals surface area (Å²) in [5.41, 5.74) is 6.47. The van der Waals surface area contributed by atoms with Crippen LogP contribution in [0, 0.1) is 13.8 Å². The van der Waals surface area contributed by atoms with Crippen molar-refractivity contribution in [2.75, 3.05) is 0 Å². The van der Waals surface area contributed by atoms with Crippen LogP contribution >= 0.6 is 0 Å². The van der Waals surface area contributed by atoms with Crippen LogP contribution in [0.15, 0.2) is 0 Å². The number of H-pyrrole nitrogens is 1. The zero-order chi connectivity index (χ0) is 14.6. The molecule has 8 heteroatoms. The molecule has 1 aromatic heterocycles. The third-order valence-electron chi connectivity index (χ3n) is 2.75. The van der Waals surface area contributed by atoms with E-state index in [1.165, 1.54) is 0 Å². The van der Waals surface area contributed by atoms with Crippen LogP contribution in [0.3, 0.4) is 0 Å². The highest BCUT2D eigenvalue weighted by molar-refractivity contribution is 5.96. The van der Waals surface area contributed by atoms with Gasteiger partial charge in [-0.05, 0) is 20.3 Å². The summed E-state index contributed by atoms with van der Waals surface area (Å²) in [5, 5.41) is 17.7. The number of carboxylic acid groups (broad SMARTS) is 1. The maximum Gasteiger partial charge on any atom is 0.326 e. The Kier molecular flexibility index (Phi) is 4.62. The lowest BCUT2D eigenvalue weighted by Gasteiger charge is -2.12. The number of primary amides is 1. The number of aromatic amines is 1. The van der Waals surface area contributed by atoms with Gasteiger partial charge in [0.2, 0.25) is 5.91 Å². The molecule has 0 spiro atoms. The first-order chi connectivity index (χ1) is 8.82. The Labute approximate surface area is 109 Å². The first kappa shape index (κ1) is 14.7. The van der Waals surface area contributed by atoms with Gasteiger partial charge >= 0.3 is 5.97 Å². The minimum absolute atomic E-state index is 0.0567. The number of carbonyl (C=O) groups is 3. The summed E-state index contributed by atoms with van der Waals surface area (Å²) in [6.45, 7) is 3.45. The monoisotopic (exact) mass is 268 g/mol. The molecule has 0 aromatic carbocycles. The Bertz CT molecular complexity index is 509. The number of hydrogen-bond donors (Lipinski definition) is 4. The topological polar surface area (TPSA) is 138 Å². The van der Waals surface area contributed by atoms with Crippen LogP contribution in [0.5, 0.6) is 0 Å². The van der Waals surface area contributed by atoms with Crippen molar-refractivity contribution in [2.24, 2.45) is 5.73 Å². The van der Waals surface area contributed by atoms with Gasteiger partial charge in [0, 0.05) is 17.7 Å². The van der Waals surface area contributed by atoms with Gasteiger partial charge in [0.25, 0.3) is 5.91 Å². The summed E-state index contributed by atoms with van der Waals surface area (Å²) < 4.78 is 0. The predicted molar refractivity (Wildman–Crippen MR) is 65.4 cm³/mol. The molecular weight excluding hydrogens is 252 g/mol. The number of carboxylic acids is 1. The van der Waals surface area contributed by atoms with Crippen molar-refractivity contribution in [3.8, 4) is 0 Å². The number of amides is 2. The number of nitrogens with zero attached hydrogens (tertiary/aromatic N) is 1. The number of nitrogens with two attached hydrogens (primary N) is 1. The molecule has 0 saturated carbocycles. The molecule has 0 radical (unpaired) electrons. The number of hydrogen-bond acceptors (Lipinski definition) is 4. The molecule has 0 saturated heterocycles. The van der Waals surface area contributed by atoms with Crippen LogP contribution in [0.25, 0.3) is 0 Å². The molecule has 0 aliphatic carbocycles. The highest BCUT2D eigenvalue weighted by Gasteiger charge is 2.23. The van der Waals surface area contributed by atoms with Crippen molar-refractivity contribution in [1.82, 2.24) is 15.5 Å². The fourth-order valence-electron chi connectivity index (χ4n) is 1.48. The van der Waals surface area contributed by atoms with Gasteiger partial charge in [-0.3, -0.25) is 14.7 Å². The highest BCUT2D eigenvalue weighted by atomic mass is 16.4. The molecule has 1 heterocycles. The molecule has 0 aliphatic heterocycles. The van der Waals surface area contributed by atoms with E-state index in [-0.39, 0.29) is 18.5 Å². The van der Waals surface area contributed by atoms with E-state index in [0.29, 0.717) is 5.56 Å². The number of carbonyl (C=O) groups excluding carboxylic acids is 2. The second kappa shape index (κ2) is 5.98. The first-order valence-electron chi connectivity index (χ1n) is 5.66. The van der Waals surface area contributed by atoms with Crippen molar-refractivity contribution in [3.05, 3.63) is 17.0 Å². The van der Waals surface area contributed by atoms with Crippen molar-refractivity contribution in [3.63, 3.8) is 0 Å². The van der Waals surface area contributed by atoms with Gasteiger partial charge in [-0.15, -0.1) is 0 Å². The fourth-order valence-corrected chi connectivity index (χ4v) is 1.48. The Morgan fingerprint density at radius 1 is 1.42 bits per heavy atom. The number of rotatable bonds is 6. The molecule has 1 rings (SSSR count). The molecule has 0 fully saturated rings. The fraction of sp³-hybridized carbons (Fsp3) is 0.455. The smallest absolute Gasteiger partial charge is 0.326 e. The number of nitrogens with one attached hydrogen (secondary N) is 2. The molecule has 2 amide bonds. The second-order valence-electron chi connectivity index (χ2n) is 4.19. The van der Waals surface area contributed by atoms with Gasteiger partial charge in [-0.2, -0.15) is 5.10 Å². The van der Waals surface area contributed by atoms with E-state index < -0.39 is 23.8 Å². The van der Waals surface area contributed by atoms with Gasteiger partial charge in [0.05, 0.1) is 0 Å². The summed E-state index contributed by atoms with van der Waals surface area (Å²) in [4.78, 5) is 33.5. The van der Waals surface area contributed by atoms with E-state index in [4.69, 9.17) is 10.8 Å². The minimum Gasteiger partial charge on any atom is -0.480 e. The molecule has 5 N–H and O–H groups in total. The van der Waals surface area contributed by atoms with Crippen LogP contribution in [-0.4, -0.2) is 39.1 Å². The van der Waals surface area contributed by atoms with Crippen LogP contribution in [0.2, 0.25) is 0 Å². The van der Waals surface area contributed by atoms with E-state index >= 15 is 0 Å². The molecule has 0 aliphatic rings. The van der Waals surface area contributed by atoms with Crippen LogP contribution in [0.1, 0.15) is 34.6 Å². The van der Waals surface area contributed by atoms with Gasteiger partial charge in [-0.1, -0.05) is 0 Å². The Hall–Kier alpha value is -2.38. The molecule has 8 nitrogen and oxygen atoms in total. The second-order valence-corrected chi connectivity index (χ2v) is 4.19. The Morgan fingerprint density at radius 3 is 2.47 bits per heavy atom. The van der Waals surface area contributed by atoms with Crippen molar-refractivity contribution < 1.29 is 19.5 Å². The van der Waals surface area contributed by atoms with E-state index in [9.17, 15) is 14.4 Å². The van der Waals surface area contributed by atoms with Gasteiger partial charge in [0.15, 0.2) is 5.69 Å². The van der Waals surface area contributed by atoms with Crippen molar-refractivity contribution in [1.29, 1.82) is 0 Å². The molecule has 1 atom stereocenters. The maximum absolute atomic E-state index is 11.9. The standard InChI is InChI=1S/C11H16N4O4/c1-5-6(2)14-15-9(5)10(17)13-7(11(18)19)3-4-8(12)16/h7H,3-4H2,1-2H3,(H2,12,16)(H,13,17)(H,14,15)(H,18,19)/t7-/m0/s1. The quantitative estimate of drug-likeness (QED) is 0.549. The highest BCUT2D eigenvalue weighted by Crippen LogP contribution is 2.09. The van der Waals surface area contributed by atoms with Gasteiger partial charge < -0.3 is 16.2 Å². The van der Waals surface area contributed by atoms with E-state index in [1.54, 1.807) is 13.8 Å². The molecule has 1 aromatic rings. The lowest BCUT2D eigenvalue weighted by Crippen LogP contribution is -2.41. The van der Waals surface area contributed by atoms with Crippen LogP contribution in [-0.2, 0) is 9.59 Å². The van der Waals surface area contributed by atoms with E-state index in [2.05, 4.69) is 15.5 Å². The first-order valence-corrected chi connectivity index (χ1v) is 5.66. The zero-order valence-corrected chi connectivity index (χ0v) is 10.7. The van der Waals surface area contributed by atoms with Crippen LogP contribution < -0.4 is 11.1 Å². The van der Waals surface area contributed by atoms with Crippen LogP contribution in [0.4, 0.5) is 0 Å². The third kappa shape index (κ3) is 3.80. The Morgan fingerprint density at radius 2 is 2.05 bits per heavy atom. The van der Waals surface area contributed by atoms with Crippen molar-refractivity contribution >= 4 is 17.8 Å². The lowest BCUT2D eigenvalue weighted by molar-refractivity contribution is -0.139. The number of aliphatic carboxylic acids is 1. The molecule has 104 valence electrons. The minimum atomic E-state index is -1.22. The largest absolute Gasteiger partial charge is 0.480 e. The molecule has 19 heavy (non-hydrogen) atoms. The predicted octanol–water partition coefficient (Wildman–Crippen LogP) is -0.525. The normalized spacial score (nSPS) is 11.9. The third-order valence-corrected chi connectivity index (χ3v) is 2.75. The SMILES string of the molecule is Cc1[nH]nc(C(=O)N[C@@H](CCC(N)=O)C(=O)O)c1C. The average molecular weight is 268 g/mol. The maximum atomic E-state index is 11.9. The lowest BCUT2D eigenvalue weighted by atomic mass is 10.1. The number of aromatic nitrogens is 2. The number of aryl methyl sites for hydroxylation is 1. The molecule has 0 unspecified atom stereocenters. The Balaban J connectivity index is 2.74. The molecule has 0 bridgehead atoms. The average Bonchev–Trinajstić information content (AvgIpc) is 2.64. The summed E-state index contributed by atoms with van der Waals surface area (Å²) >= 11 is 0. The van der Waals surface area contributed by atoms with E-state index in [0.717, 1.165) is 5.69 Å². The molecular formula is C11H16N4O4. The van der Waals surface area contributed by atoms with Gasteiger partial charge in [0.1, 0.15) is 6.04 Å². The summed E-state index contributed by atoms with van der Waals surface area (Å²) in [5.74, 6) is -2.44. The van der Waals surface area contributed by atoms with Crippen molar-refractivity contribution in [2.45, 2.75) is 32.7 Å². The van der Waals surface area contributed by atoms with E-state index in [1.807, 2.05) is 0 Å².